The highest BCUT2D eigenvalue weighted by Crippen LogP contribution is 2.38. The number of hydrogen-bond acceptors (Lipinski definition) is 4. The minimum Gasteiger partial charge on any atom is -0.365 e. The molecule has 0 radical (unpaired) electrons. The smallest absolute Gasteiger partial charge is 0.251 e. The fourth-order valence-electron chi connectivity index (χ4n) is 3.16. The Labute approximate surface area is 162 Å². The first-order chi connectivity index (χ1) is 12.5. The first kappa shape index (κ1) is 19.0. The van der Waals surface area contributed by atoms with Crippen LogP contribution in [-0.2, 0) is 17.6 Å². The van der Waals surface area contributed by atoms with E-state index in [4.69, 9.17) is 5.73 Å². The van der Waals surface area contributed by atoms with Gasteiger partial charge in [-0.25, -0.2) is 0 Å². The van der Waals surface area contributed by atoms with Crippen LogP contribution in [0, 0.1) is 6.92 Å². The van der Waals surface area contributed by atoms with E-state index in [0.29, 0.717) is 17.0 Å². The topological polar surface area (TPSA) is 72.2 Å². The largest absolute Gasteiger partial charge is 0.365 e. The number of benzene rings is 1. The van der Waals surface area contributed by atoms with Gasteiger partial charge in [-0.15, -0.1) is 23.1 Å². The Morgan fingerprint density at radius 3 is 2.65 bits per heavy atom. The molecule has 0 fully saturated rings. The Balaban J connectivity index is 1.52. The summed E-state index contributed by atoms with van der Waals surface area (Å²) in [6, 6.07) is 8.41. The average molecular weight is 389 g/mol. The third kappa shape index (κ3) is 4.68. The van der Waals surface area contributed by atoms with E-state index in [1.54, 1.807) is 11.8 Å². The number of carbonyl (C=O) groups excluding carboxylic acids is 2. The van der Waals surface area contributed by atoms with E-state index in [9.17, 15) is 9.59 Å². The van der Waals surface area contributed by atoms with Gasteiger partial charge in [0.2, 0.25) is 5.91 Å². The van der Waals surface area contributed by atoms with Crippen molar-refractivity contribution in [3.05, 3.63) is 45.8 Å². The van der Waals surface area contributed by atoms with Crippen LogP contribution in [0.25, 0.3) is 0 Å². The van der Waals surface area contributed by atoms with E-state index >= 15 is 0 Å². The number of aryl methyl sites for hydroxylation is 2. The zero-order valence-electron chi connectivity index (χ0n) is 15.0. The molecule has 0 atom stereocenters. The molecule has 1 aromatic carbocycles. The summed E-state index contributed by atoms with van der Waals surface area (Å²) in [6.45, 7) is 2.07. The maximum absolute atomic E-state index is 12.3. The summed E-state index contributed by atoms with van der Waals surface area (Å²) < 4.78 is 0. The van der Waals surface area contributed by atoms with Gasteiger partial charge in [-0.1, -0.05) is 17.7 Å². The summed E-state index contributed by atoms with van der Waals surface area (Å²) in [7, 11) is 0. The number of fused-ring (bicyclic) bond motifs is 1. The molecule has 1 aromatic heterocycles. The molecule has 1 heterocycles. The molecular weight excluding hydrogens is 364 g/mol. The van der Waals surface area contributed by atoms with Gasteiger partial charge >= 0.3 is 0 Å². The summed E-state index contributed by atoms with van der Waals surface area (Å²) in [4.78, 5) is 26.6. The van der Waals surface area contributed by atoms with Crippen LogP contribution >= 0.6 is 23.1 Å². The number of thiophene rings is 1. The van der Waals surface area contributed by atoms with Crippen LogP contribution in [0.1, 0.15) is 52.0 Å². The zero-order valence-corrected chi connectivity index (χ0v) is 16.6. The number of thioether (sulfide) groups is 1. The van der Waals surface area contributed by atoms with Crippen LogP contribution in [0.15, 0.2) is 29.2 Å². The van der Waals surface area contributed by atoms with Crippen molar-refractivity contribution < 1.29 is 9.59 Å². The lowest BCUT2D eigenvalue weighted by molar-refractivity contribution is -0.116. The Morgan fingerprint density at radius 1 is 1.19 bits per heavy atom. The molecular formula is C20H24N2O2S2. The molecule has 2 aromatic rings. The number of anilines is 1. The Bertz CT molecular complexity index is 797. The number of nitrogens with two attached hydrogens (primary N) is 1. The number of carbonyl (C=O) groups is 2. The van der Waals surface area contributed by atoms with E-state index in [1.807, 2.05) is 0 Å². The van der Waals surface area contributed by atoms with Crippen LogP contribution in [0.5, 0.6) is 0 Å². The number of hydrogen-bond donors (Lipinski definition) is 2. The minimum atomic E-state index is -0.436. The molecule has 2 amide bonds. The molecule has 3 N–H and O–H groups in total. The fourth-order valence-corrected chi connectivity index (χ4v) is 5.32. The number of nitrogens with one attached hydrogen (secondary N) is 1. The van der Waals surface area contributed by atoms with Gasteiger partial charge in [0.15, 0.2) is 0 Å². The van der Waals surface area contributed by atoms with E-state index in [-0.39, 0.29) is 5.91 Å². The molecule has 1 aliphatic carbocycles. The van der Waals surface area contributed by atoms with Crippen molar-refractivity contribution in [3.8, 4) is 0 Å². The maximum Gasteiger partial charge on any atom is 0.251 e. The van der Waals surface area contributed by atoms with Crippen LogP contribution < -0.4 is 11.1 Å². The number of rotatable bonds is 7. The molecule has 6 heteroatoms. The highest BCUT2D eigenvalue weighted by Gasteiger charge is 2.24. The molecule has 138 valence electrons. The second-order valence-corrected chi connectivity index (χ2v) is 8.87. The first-order valence-corrected chi connectivity index (χ1v) is 10.8. The highest BCUT2D eigenvalue weighted by atomic mass is 32.2. The molecule has 0 saturated heterocycles. The molecule has 26 heavy (non-hydrogen) atoms. The summed E-state index contributed by atoms with van der Waals surface area (Å²) >= 11 is 3.27. The van der Waals surface area contributed by atoms with Crippen LogP contribution in [0.2, 0.25) is 0 Å². The van der Waals surface area contributed by atoms with Crippen LogP contribution in [0.3, 0.4) is 0 Å². The van der Waals surface area contributed by atoms with Crippen LogP contribution in [-0.4, -0.2) is 17.6 Å². The van der Waals surface area contributed by atoms with Gasteiger partial charge < -0.3 is 11.1 Å². The van der Waals surface area contributed by atoms with Gasteiger partial charge in [0.25, 0.3) is 5.91 Å². The number of primary amides is 1. The lowest BCUT2D eigenvalue weighted by atomic mass is 9.95. The fraction of sp³-hybridized carbons (Fsp3) is 0.400. The van der Waals surface area contributed by atoms with E-state index in [0.717, 1.165) is 43.4 Å². The SMILES string of the molecule is Cc1ccc(SCCCC(=O)Nc2sc3c(c2C(N)=O)CCCC3)cc1. The molecule has 0 spiro atoms. The van der Waals surface area contributed by atoms with Crippen molar-refractivity contribution in [1.82, 2.24) is 0 Å². The average Bonchev–Trinajstić information content (AvgIpc) is 2.98. The highest BCUT2D eigenvalue weighted by molar-refractivity contribution is 7.99. The van der Waals surface area contributed by atoms with Gasteiger partial charge in [0.1, 0.15) is 5.00 Å². The van der Waals surface area contributed by atoms with E-state index < -0.39 is 5.91 Å². The molecule has 0 aliphatic heterocycles. The Hall–Kier alpha value is -1.79. The van der Waals surface area contributed by atoms with Gasteiger partial charge in [-0.05, 0) is 62.5 Å². The predicted octanol–water partition coefficient (Wildman–Crippen LogP) is 4.55. The van der Waals surface area contributed by atoms with Crippen molar-refractivity contribution in [2.75, 3.05) is 11.1 Å². The van der Waals surface area contributed by atoms with Gasteiger partial charge in [-0.3, -0.25) is 9.59 Å². The zero-order chi connectivity index (χ0) is 18.5. The summed E-state index contributed by atoms with van der Waals surface area (Å²) in [5, 5.41) is 3.56. The van der Waals surface area contributed by atoms with Gasteiger partial charge in [0.05, 0.1) is 5.56 Å². The second-order valence-electron chi connectivity index (χ2n) is 6.59. The van der Waals surface area contributed by atoms with Gasteiger partial charge in [-0.2, -0.15) is 0 Å². The van der Waals surface area contributed by atoms with Crippen molar-refractivity contribution >= 4 is 39.9 Å². The summed E-state index contributed by atoms with van der Waals surface area (Å²) in [5.41, 5.74) is 8.41. The molecule has 0 unspecified atom stereocenters. The maximum atomic E-state index is 12.3. The normalized spacial score (nSPS) is 13.3. The molecule has 0 saturated carbocycles. The monoisotopic (exact) mass is 388 g/mol. The second kappa shape index (κ2) is 8.73. The predicted molar refractivity (Wildman–Crippen MR) is 109 cm³/mol. The molecule has 3 rings (SSSR count). The Morgan fingerprint density at radius 2 is 1.92 bits per heavy atom. The minimum absolute atomic E-state index is 0.0457. The van der Waals surface area contributed by atoms with Crippen molar-refractivity contribution in [2.24, 2.45) is 5.73 Å². The lowest BCUT2D eigenvalue weighted by Gasteiger charge is -2.11. The Kier molecular flexibility index (Phi) is 6.38. The van der Waals surface area contributed by atoms with Crippen molar-refractivity contribution in [3.63, 3.8) is 0 Å². The van der Waals surface area contributed by atoms with Crippen molar-refractivity contribution in [2.45, 2.75) is 50.3 Å². The molecule has 0 bridgehead atoms. The van der Waals surface area contributed by atoms with Crippen LogP contribution in [0.4, 0.5) is 5.00 Å². The third-order valence-corrected chi connectivity index (χ3v) is 6.81. The molecule has 4 nitrogen and oxygen atoms in total. The standard InChI is InChI=1S/C20H24N2O2S2/c1-13-8-10-14(11-9-13)25-12-4-7-17(23)22-20-18(19(21)24)15-5-2-3-6-16(15)26-20/h8-11H,2-7,12H2,1H3,(H2,21,24)(H,22,23). The number of amides is 2. The van der Waals surface area contributed by atoms with Gasteiger partial charge in [0, 0.05) is 16.2 Å². The third-order valence-electron chi connectivity index (χ3n) is 4.51. The quantitative estimate of drug-likeness (QED) is 0.540. The summed E-state index contributed by atoms with van der Waals surface area (Å²) in [6.07, 6.45) is 5.31. The van der Waals surface area contributed by atoms with E-state index in [1.165, 1.54) is 26.7 Å². The lowest BCUT2D eigenvalue weighted by Crippen LogP contribution is -2.18. The molecule has 1 aliphatic rings. The first-order valence-electron chi connectivity index (χ1n) is 8.98. The summed E-state index contributed by atoms with van der Waals surface area (Å²) in [5.74, 6) is 0.408. The van der Waals surface area contributed by atoms with E-state index in [2.05, 4.69) is 36.5 Å². The van der Waals surface area contributed by atoms with Crippen molar-refractivity contribution in [1.29, 1.82) is 0 Å².